The van der Waals surface area contributed by atoms with Crippen LogP contribution < -0.4 is 21.1 Å². The number of amides is 1. The molecule has 0 bridgehead atoms. The first kappa shape index (κ1) is 26.2. The zero-order valence-electron chi connectivity index (χ0n) is 21.4. The second-order valence-electron chi connectivity index (χ2n) is 9.18. The Morgan fingerprint density at radius 2 is 1.77 bits per heavy atom. The third-order valence-corrected chi connectivity index (χ3v) is 6.40. The molecule has 0 aliphatic rings. The number of hydrogen-bond donors (Lipinski definition) is 4. The van der Waals surface area contributed by atoms with Gasteiger partial charge in [0.05, 0.1) is 34.2 Å². The van der Waals surface area contributed by atoms with E-state index in [-0.39, 0.29) is 35.1 Å². The number of halogens is 1. The van der Waals surface area contributed by atoms with E-state index < -0.39 is 18.0 Å². The lowest BCUT2D eigenvalue weighted by molar-refractivity contribution is 0.0940. The second kappa shape index (κ2) is 11.5. The fraction of sp³-hybridized carbons (Fsp3) is 0.133. The molecule has 2 atom stereocenters. The van der Waals surface area contributed by atoms with Crippen molar-refractivity contribution in [2.24, 2.45) is 0 Å². The SMILES string of the molecule is CC(NC(=O)c1cc(C#N)cnc1NC(COc1ccc2[nH]c(=O)[nH]c2c1)c1ccccc1)c1ccc(F)cc1. The van der Waals surface area contributed by atoms with Crippen molar-refractivity contribution < 1.29 is 13.9 Å². The van der Waals surface area contributed by atoms with Crippen LogP contribution in [0.25, 0.3) is 11.0 Å². The van der Waals surface area contributed by atoms with Crippen molar-refractivity contribution >= 4 is 22.8 Å². The van der Waals surface area contributed by atoms with Crippen molar-refractivity contribution in [2.45, 2.75) is 19.0 Å². The number of benzene rings is 3. The van der Waals surface area contributed by atoms with Gasteiger partial charge < -0.3 is 25.3 Å². The molecule has 3 aromatic carbocycles. The number of rotatable bonds is 9. The van der Waals surface area contributed by atoms with Gasteiger partial charge in [0.25, 0.3) is 5.91 Å². The number of aromatic nitrogens is 3. The first-order valence-corrected chi connectivity index (χ1v) is 12.5. The molecular formula is C30H25FN6O3. The van der Waals surface area contributed by atoms with Crippen LogP contribution >= 0.6 is 0 Å². The van der Waals surface area contributed by atoms with Gasteiger partial charge in [0.2, 0.25) is 0 Å². The van der Waals surface area contributed by atoms with Crippen LogP contribution in [-0.4, -0.2) is 27.5 Å². The monoisotopic (exact) mass is 536 g/mol. The zero-order valence-corrected chi connectivity index (χ0v) is 21.4. The number of carbonyl (C=O) groups is 1. The lowest BCUT2D eigenvalue weighted by Gasteiger charge is -2.22. The number of hydrogen-bond acceptors (Lipinski definition) is 6. The van der Waals surface area contributed by atoms with Crippen molar-refractivity contribution in [3.63, 3.8) is 0 Å². The minimum Gasteiger partial charge on any atom is -0.491 e. The number of anilines is 1. The van der Waals surface area contributed by atoms with E-state index in [9.17, 15) is 19.2 Å². The van der Waals surface area contributed by atoms with Crippen LogP contribution in [0.4, 0.5) is 10.2 Å². The standard InChI is InChI=1S/C30H25FN6O3/c1-18(20-7-9-22(31)10-8-20)34-29(38)24-13-19(15-32)16-33-28(24)35-27(21-5-3-2-4-6-21)17-40-23-11-12-25-26(14-23)37-30(39)36-25/h2-14,16,18,27H,17H2,1H3,(H,33,35)(H,34,38)(H2,36,37,39). The lowest BCUT2D eigenvalue weighted by Crippen LogP contribution is -2.29. The molecule has 0 fully saturated rings. The van der Waals surface area contributed by atoms with Crippen LogP contribution in [0.3, 0.4) is 0 Å². The molecule has 40 heavy (non-hydrogen) atoms. The molecule has 0 aliphatic carbocycles. The van der Waals surface area contributed by atoms with Gasteiger partial charge in [0, 0.05) is 12.3 Å². The van der Waals surface area contributed by atoms with Gasteiger partial charge in [0.1, 0.15) is 30.1 Å². The Balaban J connectivity index is 1.40. The highest BCUT2D eigenvalue weighted by Crippen LogP contribution is 2.25. The van der Waals surface area contributed by atoms with E-state index in [1.807, 2.05) is 36.4 Å². The maximum atomic E-state index is 13.4. The summed E-state index contributed by atoms with van der Waals surface area (Å²) in [5.74, 6) is 0.00344. The summed E-state index contributed by atoms with van der Waals surface area (Å²) in [5, 5.41) is 15.7. The van der Waals surface area contributed by atoms with Crippen LogP contribution in [0.2, 0.25) is 0 Å². The number of fused-ring (bicyclic) bond motifs is 1. The normalized spacial score (nSPS) is 12.3. The molecule has 4 N–H and O–H groups in total. The molecule has 5 rings (SSSR count). The quantitative estimate of drug-likeness (QED) is 0.210. The highest BCUT2D eigenvalue weighted by Gasteiger charge is 2.21. The third kappa shape index (κ3) is 6.00. The van der Waals surface area contributed by atoms with Gasteiger partial charge in [-0.25, -0.2) is 14.2 Å². The Morgan fingerprint density at radius 3 is 2.52 bits per heavy atom. The molecule has 200 valence electrons. The first-order chi connectivity index (χ1) is 19.4. The predicted octanol–water partition coefficient (Wildman–Crippen LogP) is 4.99. The molecule has 0 saturated heterocycles. The number of nitriles is 1. The largest absolute Gasteiger partial charge is 0.491 e. The van der Waals surface area contributed by atoms with E-state index in [4.69, 9.17) is 4.74 Å². The summed E-state index contributed by atoms with van der Waals surface area (Å²) >= 11 is 0. The number of nitrogens with zero attached hydrogens (tertiary/aromatic N) is 2. The van der Waals surface area contributed by atoms with Gasteiger partial charge in [-0.15, -0.1) is 0 Å². The Labute approximate surface area is 228 Å². The number of aromatic amines is 2. The van der Waals surface area contributed by atoms with Crippen molar-refractivity contribution in [1.82, 2.24) is 20.3 Å². The minimum atomic E-state index is -0.446. The van der Waals surface area contributed by atoms with Gasteiger partial charge in [0.15, 0.2) is 0 Å². The van der Waals surface area contributed by atoms with Crippen LogP contribution in [0.1, 0.15) is 46.1 Å². The highest BCUT2D eigenvalue weighted by molar-refractivity contribution is 5.99. The molecule has 0 radical (unpaired) electrons. The average molecular weight is 537 g/mol. The van der Waals surface area contributed by atoms with Crippen LogP contribution in [0.15, 0.2) is 89.9 Å². The molecule has 5 aromatic rings. The molecule has 1 amide bonds. The Bertz CT molecular complexity index is 1740. The van der Waals surface area contributed by atoms with E-state index in [0.29, 0.717) is 16.8 Å². The Morgan fingerprint density at radius 1 is 1.02 bits per heavy atom. The molecule has 0 aliphatic heterocycles. The number of carbonyl (C=O) groups excluding carboxylic acids is 1. The van der Waals surface area contributed by atoms with E-state index in [0.717, 1.165) is 11.1 Å². The molecule has 2 aromatic heterocycles. The first-order valence-electron chi connectivity index (χ1n) is 12.5. The van der Waals surface area contributed by atoms with E-state index in [2.05, 4.69) is 25.6 Å². The molecule has 10 heteroatoms. The second-order valence-corrected chi connectivity index (χ2v) is 9.18. The van der Waals surface area contributed by atoms with Crippen LogP contribution in [-0.2, 0) is 0 Å². The van der Waals surface area contributed by atoms with Crippen molar-refractivity contribution in [3.05, 3.63) is 124 Å². The third-order valence-electron chi connectivity index (χ3n) is 6.40. The number of pyridine rings is 1. The molecular weight excluding hydrogens is 511 g/mol. The fourth-order valence-corrected chi connectivity index (χ4v) is 4.28. The van der Waals surface area contributed by atoms with Crippen molar-refractivity contribution in [1.29, 1.82) is 5.26 Å². The van der Waals surface area contributed by atoms with E-state index >= 15 is 0 Å². The summed E-state index contributed by atoms with van der Waals surface area (Å²) in [4.78, 5) is 34.8. The maximum absolute atomic E-state index is 13.4. The highest BCUT2D eigenvalue weighted by atomic mass is 19.1. The van der Waals surface area contributed by atoms with Gasteiger partial charge in [-0.05, 0) is 48.4 Å². The number of nitrogens with one attached hydrogen (secondary N) is 4. The lowest BCUT2D eigenvalue weighted by atomic mass is 10.1. The number of ether oxygens (including phenoxy) is 1. The van der Waals surface area contributed by atoms with Crippen molar-refractivity contribution in [2.75, 3.05) is 11.9 Å². The van der Waals surface area contributed by atoms with Crippen molar-refractivity contribution in [3.8, 4) is 11.8 Å². The van der Waals surface area contributed by atoms with Gasteiger partial charge in [-0.3, -0.25) is 4.79 Å². The molecule has 0 saturated carbocycles. The zero-order chi connectivity index (χ0) is 28.1. The van der Waals surface area contributed by atoms with Gasteiger partial charge in [-0.1, -0.05) is 42.5 Å². The Hall–Kier alpha value is -5.43. The Kier molecular flexibility index (Phi) is 7.55. The van der Waals surface area contributed by atoms with Crippen LogP contribution in [0.5, 0.6) is 5.75 Å². The molecule has 2 unspecified atom stereocenters. The van der Waals surface area contributed by atoms with Gasteiger partial charge >= 0.3 is 5.69 Å². The minimum absolute atomic E-state index is 0.166. The maximum Gasteiger partial charge on any atom is 0.323 e. The fourth-order valence-electron chi connectivity index (χ4n) is 4.28. The smallest absolute Gasteiger partial charge is 0.323 e. The summed E-state index contributed by atoms with van der Waals surface area (Å²) < 4.78 is 19.4. The predicted molar refractivity (Wildman–Crippen MR) is 148 cm³/mol. The topological polar surface area (TPSA) is 136 Å². The average Bonchev–Trinajstić information content (AvgIpc) is 3.35. The number of imidazole rings is 1. The molecule has 9 nitrogen and oxygen atoms in total. The van der Waals surface area contributed by atoms with E-state index in [1.165, 1.54) is 24.4 Å². The summed E-state index contributed by atoms with van der Waals surface area (Å²) in [6.45, 7) is 1.95. The summed E-state index contributed by atoms with van der Waals surface area (Å²) in [5.41, 5.74) is 3.01. The number of H-pyrrole nitrogens is 2. The van der Waals surface area contributed by atoms with Crippen LogP contribution in [0, 0.1) is 17.1 Å². The molecule has 2 heterocycles. The van der Waals surface area contributed by atoms with E-state index in [1.54, 1.807) is 37.3 Å². The van der Waals surface area contributed by atoms with Gasteiger partial charge in [-0.2, -0.15) is 5.26 Å². The summed E-state index contributed by atoms with van der Waals surface area (Å²) in [6.07, 6.45) is 1.39. The summed E-state index contributed by atoms with van der Waals surface area (Å²) in [7, 11) is 0. The summed E-state index contributed by atoms with van der Waals surface area (Å²) in [6, 6.07) is 23.3. The molecule has 0 spiro atoms.